The molecule has 1 saturated heterocycles. The molecule has 0 radical (unpaired) electrons. The van der Waals surface area contributed by atoms with Gasteiger partial charge in [0.2, 0.25) is 0 Å². The number of benzene rings is 1. The molecule has 66 heavy (non-hydrogen) atoms. The molecule has 23 nitrogen and oxygen atoms in total. The Kier molecular flexibility index (Phi) is 26.3. The van der Waals surface area contributed by atoms with E-state index in [0.717, 1.165) is 9.80 Å². The van der Waals surface area contributed by atoms with Crippen LogP contribution in [0.5, 0.6) is 11.5 Å². The molecular weight excluding hydrogens is 878 g/mol. The number of carbonyl (C=O) groups is 7. The van der Waals surface area contributed by atoms with Crippen molar-refractivity contribution < 1.29 is 95.2 Å². The Morgan fingerprint density at radius 3 is 0.955 bits per heavy atom. The Morgan fingerprint density at radius 1 is 0.379 bits per heavy atom. The maximum atomic E-state index is 12.9. The van der Waals surface area contributed by atoms with Gasteiger partial charge in [0, 0.05) is 43.2 Å². The van der Waals surface area contributed by atoms with Crippen LogP contribution in [-0.2, 0) is 81.0 Å². The summed E-state index contributed by atoms with van der Waals surface area (Å²) in [5, 5.41) is 0.463. The minimum atomic E-state index is -0.941. The number of nitrogens with zero attached hydrogens (tertiary/aromatic N) is 3. The van der Waals surface area contributed by atoms with Gasteiger partial charge in [0.15, 0.2) is 0 Å². The second-order valence-electron chi connectivity index (χ2n) is 13.8. The summed E-state index contributed by atoms with van der Waals surface area (Å²) in [5.41, 5.74) is -0.00863. The summed E-state index contributed by atoms with van der Waals surface area (Å²) in [6, 6.07) is 4.37. The van der Waals surface area contributed by atoms with E-state index in [1.54, 1.807) is 6.07 Å². The van der Waals surface area contributed by atoms with Crippen LogP contribution in [0.1, 0.15) is 23.2 Å². The lowest BCUT2D eigenvalue weighted by atomic mass is 10.2. The van der Waals surface area contributed by atoms with E-state index in [0.29, 0.717) is 111 Å². The monoisotopic (exact) mass is 937 g/mol. The summed E-state index contributed by atoms with van der Waals surface area (Å²) in [5.74, 6) is -3.00. The molecule has 3 aliphatic heterocycles. The lowest BCUT2D eigenvalue weighted by Crippen LogP contribution is -2.33. The van der Waals surface area contributed by atoms with Gasteiger partial charge in [-0.15, -0.1) is 5.06 Å². The molecule has 1 fully saturated rings. The third-order valence-electron chi connectivity index (χ3n) is 8.98. The first-order valence-corrected chi connectivity index (χ1v) is 21.6. The largest absolute Gasteiger partial charge is 0.491 e. The molecule has 0 spiro atoms. The van der Waals surface area contributed by atoms with Crippen molar-refractivity contribution in [3.63, 3.8) is 0 Å². The van der Waals surface area contributed by atoms with Crippen LogP contribution in [-0.4, -0.2) is 215 Å². The number of imide groups is 3. The molecule has 0 unspecified atom stereocenters. The Bertz CT molecular complexity index is 1610. The molecule has 3 heterocycles. The average molecular weight is 938 g/mol. The highest BCUT2D eigenvalue weighted by Crippen LogP contribution is 2.25. The summed E-state index contributed by atoms with van der Waals surface area (Å²) in [4.78, 5) is 90.2. The number of rotatable bonds is 40. The number of hydroxylamine groups is 2. The number of carbonyl (C=O) groups excluding carboxylic acids is 7. The molecule has 1 aromatic rings. The first-order valence-electron chi connectivity index (χ1n) is 21.6. The summed E-state index contributed by atoms with van der Waals surface area (Å²) in [7, 11) is 0. The van der Waals surface area contributed by atoms with Gasteiger partial charge in [-0.05, 0) is 12.1 Å². The summed E-state index contributed by atoms with van der Waals surface area (Å²) >= 11 is 0. The predicted molar refractivity (Wildman–Crippen MR) is 224 cm³/mol. The smallest absolute Gasteiger partial charge is 0.364 e. The van der Waals surface area contributed by atoms with Crippen LogP contribution >= 0.6 is 0 Å². The van der Waals surface area contributed by atoms with E-state index in [1.807, 2.05) is 0 Å². The van der Waals surface area contributed by atoms with Crippen LogP contribution in [0.4, 0.5) is 0 Å². The van der Waals surface area contributed by atoms with Crippen LogP contribution in [0.2, 0.25) is 0 Å². The van der Waals surface area contributed by atoms with E-state index in [2.05, 4.69) is 0 Å². The molecule has 0 N–H and O–H groups in total. The van der Waals surface area contributed by atoms with Crippen molar-refractivity contribution in [1.29, 1.82) is 0 Å². The first-order chi connectivity index (χ1) is 32.2. The van der Waals surface area contributed by atoms with Gasteiger partial charge < -0.3 is 61.7 Å². The zero-order valence-corrected chi connectivity index (χ0v) is 36.9. The van der Waals surface area contributed by atoms with Gasteiger partial charge in [0.25, 0.3) is 35.4 Å². The van der Waals surface area contributed by atoms with Crippen LogP contribution in [0.25, 0.3) is 0 Å². The highest BCUT2D eigenvalue weighted by molar-refractivity contribution is 6.13. The maximum Gasteiger partial charge on any atom is 0.364 e. The van der Waals surface area contributed by atoms with E-state index >= 15 is 0 Å². The fraction of sp³-hybridized carbons (Fsp3) is 0.605. The van der Waals surface area contributed by atoms with Gasteiger partial charge in [-0.25, -0.2) is 4.79 Å². The van der Waals surface area contributed by atoms with E-state index < -0.39 is 17.8 Å². The maximum absolute atomic E-state index is 12.9. The SMILES string of the molecule is O=C(ON1C(=O)CCC1=O)c1cc(OCCOCCOCCOCCOCCOCCN2C(=O)C=CC2=O)cc(OCCOCCOCCOCCOCCOCCN2C(=O)C=CC2=O)c1. The Balaban J connectivity index is 0.977. The molecule has 1 aromatic carbocycles. The molecule has 23 heteroatoms. The van der Waals surface area contributed by atoms with Crippen LogP contribution in [0.15, 0.2) is 42.5 Å². The molecule has 366 valence electrons. The fourth-order valence-electron chi connectivity index (χ4n) is 5.66. The highest BCUT2D eigenvalue weighted by atomic mass is 16.7. The number of hydrogen-bond donors (Lipinski definition) is 0. The second kappa shape index (κ2) is 32.5. The van der Waals surface area contributed by atoms with Crippen molar-refractivity contribution in [2.75, 3.05) is 158 Å². The Labute approximate surface area is 381 Å². The van der Waals surface area contributed by atoms with Gasteiger partial charge in [-0.3, -0.25) is 38.6 Å². The molecule has 0 saturated carbocycles. The molecule has 3 aliphatic rings. The van der Waals surface area contributed by atoms with Crippen molar-refractivity contribution in [2.45, 2.75) is 12.8 Å². The second-order valence-corrected chi connectivity index (χ2v) is 13.8. The minimum absolute atomic E-state index is 0.00863. The normalized spacial score (nSPS) is 14.8. The molecule has 4 rings (SSSR count). The quantitative estimate of drug-likeness (QED) is 0.0604. The molecule has 0 aromatic heterocycles. The zero-order chi connectivity index (χ0) is 47.0. The van der Waals surface area contributed by atoms with E-state index in [9.17, 15) is 33.6 Å². The summed E-state index contributed by atoms with van der Waals surface area (Å²) < 4.78 is 66.3. The molecule has 6 amide bonds. The lowest BCUT2D eigenvalue weighted by molar-refractivity contribution is -0.172. The Hall–Kier alpha value is -5.21. The van der Waals surface area contributed by atoms with Crippen molar-refractivity contribution in [3.05, 3.63) is 48.1 Å². The van der Waals surface area contributed by atoms with Gasteiger partial charge >= 0.3 is 5.97 Å². The lowest BCUT2D eigenvalue weighted by Gasteiger charge is -2.15. The average Bonchev–Trinajstić information content (AvgIpc) is 3.93. The molecular formula is C43H59N3O20. The van der Waals surface area contributed by atoms with Crippen molar-refractivity contribution >= 4 is 41.4 Å². The fourth-order valence-corrected chi connectivity index (χ4v) is 5.66. The number of ether oxygens (including phenoxy) is 12. The minimum Gasteiger partial charge on any atom is -0.491 e. The third kappa shape index (κ3) is 21.4. The molecule has 0 bridgehead atoms. The van der Waals surface area contributed by atoms with E-state index in [1.165, 1.54) is 36.4 Å². The van der Waals surface area contributed by atoms with Crippen LogP contribution in [0, 0.1) is 0 Å². The van der Waals surface area contributed by atoms with Crippen LogP contribution < -0.4 is 9.47 Å². The zero-order valence-electron chi connectivity index (χ0n) is 36.9. The van der Waals surface area contributed by atoms with Crippen molar-refractivity contribution in [2.24, 2.45) is 0 Å². The highest BCUT2D eigenvalue weighted by Gasteiger charge is 2.33. The topological polar surface area (TPSA) is 249 Å². The molecule has 0 aliphatic carbocycles. The van der Waals surface area contributed by atoms with Crippen molar-refractivity contribution in [3.8, 4) is 11.5 Å². The number of amides is 6. The Morgan fingerprint density at radius 2 is 0.652 bits per heavy atom. The first kappa shape index (κ1) is 53.4. The summed E-state index contributed by atoms with van der Waals surface area (Å²) in [6.07, 6.45) is 4.84. The van der Waals surface area contributed by atoms with Gasteiger partial charge in [0.05, 0.1) is 151 Å². The van der Waals surface area contributed by atoms with Gasteiger partial charge in [-0.2, -0.15) is 0 Å². The molecule has 0 atom stereocenters. The third-order valence-corrected chi connectivity index (χ3v) is 8.98. The van der Waals surface area contributed by atoms with E-state index in [-0.39, 0.29) is 106 Å². The standard InChI is InChI=1S/C43H59N3O20/c47-37-1-2-38(48)44(37)7-9-54-11-13-56-15-17-58-19-21-60-23-25-62-27-29-64-35-31-34(43(53)66-46-41(51)5-6-42(46)52)32-36(33-35)65-30-28-63-26-24-61-22-20-59-18-16-57-14-12-55-10-8-45-39(49)3-4-40(45)50/h1-4,31-33H,5-30H2. The van der Waals surface area contributed by atoms with Crippen LogP contribution in [0.3, 0.4) is 0 Å². The van der Waals surface area contributed by atoms with Gasteiger partial charge in [-0.1, -0.05) is 0 Å². The number of hydrogen-bond acceptors (Lipinski definition) is 20. The van der Waals surface area contributed by atoms with E-state index in [4.69, 9.17) is 61.7 Å². The van der Waals surface area contributed by atoms with Crippen molar-refractivity contribution in [1.82, 2.24) is 14.9 Å². The van der Waals surface area contributed by atoms with Gasteiger partial charge in [0.1, 0.15) is 24.7 Å². The predicted octanol–water partition coefficient (Wildman–Crippen LogP) is -0.319. The summed E-state index contributed by atoms with van der Waals surface area (Å²) in [6.45, 7) is 7.03.